The predicted octanol–water partition coefficient (Wildman–Crippen LogP) is -0.112. The zero-order valence-corrected chi connectivity index (χ0v) is 8.71. The van der Waals surface area contributed by atoms with Gasteiger partial charge in [0.2, 0.25) is 0 Å². The van der Waals surface area contributed by atoms with Crippen molar-refractivity contribution >= 4 is 25.5 Å². The van der Waals surface area contributed by atoms with Crippen LogP contribution in [0.2, 0.25) is 5.32 Å². The van der Waals surface area contributed by atoms with E-state index in [4.69, 9.17) is 5.73 Å². The molecule has 62 valence electrons. The Kier molecular flexibility index (Phi) is 3.09. The number of rotatable bonds is 2. The Hall–Kier alpha value is -0.341. The number of hydrogen-bond acceptors (Lipinski definition) is 1. The van der Waals surface area contributed by atoms with Gasteiger partial charge in [-0.1, -0.05) is 0 Å². The van der Waals surface area contributed by atoms with Gasteiger partial charge >= 0.3 is 73.1 Å². The van der Waals surface area contributed by atoms with E-state index in [0.29, 0.717) is 15.0 Å². The van der Waals surface area contributed by atoms with Gasteiger partial charge in [0.15, 0.2) is 0 Å². The van der Waals surface area contributed by atoms with Gasteiger partial charge in [-0.15, -0.1) is 0 Å². The molecule has 1 heterocycles. The molecule has 1 rings (SSSR count). The molecule has 0 fully saturated rings. The molecule has 0 aliphatic carbocycles. The number of aliphatic imine (C=N–C) groups is 1. The van der Waals surface area contributed by atoms with E-state index in [9.17, 15) is 0 Å². The topological polar surface area (TPSA) is 41.4 Å². The Morgan fingerprint density at radius 2 is 2.18 bits per heavy atom. The summed E-state index contributed by atoms with van der Waals surface area (Å²) >= 11 is 0.496. The average Bonchev–Trinajstić information content (AvgIpc) is 2.39. The van der Waals surface area contributed by atoms with Crippen molar-refractivity contribution in [3.8, 4) is 0 Å². The number of hydrogen-bond donors (Lipinski definition) is 1. The van der Waals surface area contributed by atoms with E-state index < -0.39 is 0 Å². The quantitative estimate of drug-likeness (QED) is 0.511. The first kappa shape index (κ1) is 8.75. The second kappa shape index (κ2) is 3.88. The molecule has 0 saturated heterocycles. The van der Waals surface area contributed by atoms with Gasteiger partial charge in [-0.05, 0) is 0 Å². The van der Waals surface area contributed by atoms with Crippen LogP contribution >= 0.6 is 0 Å². The summed E-state index contributed by atoms with van der Waals surface area (Å²) in [7, 11) is 0. The third kappa shape index (κ3) is 2.04. The van der Waals surface area contributed by atoms with Crippen LogP contribution in [0.5, 0.6) is 0 Å². The minimum absolute atomic E-state index is 0.496. The summed E-state index contributed by atoms with van der Waals surface area (Å²) in [5, 5.41) is 0.999. The van der Waals surface area contributed by atoms with Crippen molar-refractivity contribution in [2.75, 3.05) is 13.1 Å². The second-order valence-electron chi connectivity index (χ2n) is 2.35. The summed E-state index contributed by atoms with van der Waals surface area (Å²) in [4.78, 5) is 4.30. The van der Waals surface area contributed by atoms with Crippen molar-refractivity contribution in [1.29, 1.82) is 0 Å². The van der Waals surface area contributed by atoms with Crippen molar-refractivity contribution in [2.45, 2.75) is 19.2 Å². The van der Waals surface area contributed by atoms with Crippen LogP contribution < -0.4 is 5.73 Å². The van der Waals surface area contributed by atoms with Crippen LogP contribution in [-0.2, 0) is 0 Å². The van der Waals surface area contributed by atoms with Gasteiger partial charge in [0, 0.05) is 0 Å². The third-order valence-electron chi connectivity index (χ3n) is 1.62. The van der Waals surface area contributed by atoms with E-state index in [0.717, 1.165) is 24.2 Å². The van der Waals surface area contributed by atoms with Gasteiger partial charge in [-0.3, -0.25) is 0 Å². The van der Waals surface area contributed by atoms with Crippen molar-refractivity contribution < 1.29 is 4.58 Å². The van der Waals surface area contributed by atoms with Gasteiger partial charge in [-0.2, -0.15) is 0 Å². The Labute approximate surface area is 73.5 Å². The summed E-state index contributed by atoms with van der Waals surface area (Å²) in [6.07, 6.45) is 0. The zero-order chi connectivity index (χ0) is 8.27. The molecule has 2 N–H and O–H groups in total. The van der Waals surface area contributed by atoms with Gasteiger partial charge in [0.1, 0.15) is 0 Å². The molecule has 11 heavy (non-hydrogen) atoms. The fraction of sp³-hybridized carbons (Fsp3) is 0.714. The summed E-state index contributed by atoms with van der Waals surface area (Å²) in [6, 6.07) is 0. The van der Waals surface area contributed by atoms with E-state index in [-0.39, 0.29) is 0 Å². The van der Waals surface area contributed by atoms with Crippen LogP contribution in [0, 0.1) is 0 Å². The van der Waals surface area contributed by atoms with Crippen molar-refractivity contribution in [3.63, 3.8) is 0 Å². The number of amidine groups is 2. The molecule has 0 aromatic heterocycles. The molecule has 0 amide bonds. The molecule has 0 atom stereocenters. The van der Waals surface area contributed by atoms with E-state index in [1.165, 1.54) is 4.73 Å². The Morgan fingerprint density at radius 3 is 2.55 bits per heavy atom. The van der Waals surface area contributed by atoms with E-state index in [2.05, 4.69) is 23.4 Å². The summed E-state index contributed by atoms with van der Waals surface area (Å²) < 4.78 is 3.50. The Bertz CT molecular complexity index is 202. The van der Waals surface area contributed by atoms with Gasteiger partial charge in [-0.25, -0.2) is 0 Å². The van der Waals surface area contributed by atoms with Crippen molar-refractivity contribution in [3.05, 3.63) is 0 Å². The first-order valence-electron chi connectivity index (χ1n) is 3.85. The fourth-order valence-electron chi connectivity index (χ4n) is 0.982. The summed E-state index contributed by atoms with van der Waals surface area (Å²) in [5.41, 5.74) is 5.59. The van der Waals surface area contributed by atoms with E-state index in [1.807, 2.05) is 0 Å². The van der Waals surface area contributed by atoms with Gasteiger partial charge in [0.25, 0.3) is 0 Å². The summed E-state index contributed by atoms with van der Waals surface area (Å²) in [5.74, 6) is 0.812. The number of nitrogens with zero attached hydrogens (tertiary/aromatic N) is 2. The van der Waals surface area contributed by atoms with Crippen LogP contribution in [0.25, 0.3) is 0 Å². The third-order valence-corrected chi connectivity index (χ3v) is 3.82. The minimum atomic E-state index is 0.496. The second-order valence-corrected chi connectivity index (χ2v) is 4.32. The monoisotopic (exact) mass is 220 g/mol. The van der Waals surface area contributed by atoms with E-state index in [1.54, 1.807) is 0 Å². The molecule has 3 nitrogen and oxygen atoms in total. The van der Waals surface area contributed by atoms with E-state index >= 15 is 0 Å². The molecule has 0 unspecified atom stereocenters. The fourth-order valence-corrected chi connectivity index (χ4v) is 3.00. The standard InChI is InChI=1S/C7H13N3Se/c1-3-10(4-2)7-9-6(8)5-11-7/h8H,3-5H2,1-2H3/p+1. The molecule has 0 bridgehead atoms. The maximum absolute atomic E-state index is 5.59. The molecule has 0 spiro atoms. The normalized spacial score (nSPS) is 16.9. The molecule has 0 aromatic rings. The van der Waals surface area contributed by atoms with Crippen LogP contribution in [0.3, 0.4) is 0 Å². The molecule has 0 aromatic carbocycles. The SMILES string of the molecule is CC[N+](CC)=C1N=C(N)C[Se]1. The molecular formula is C7H14N3Se+. The Balaban J connectivity index is 2.78. The van der Waals surface area contributed by atoms with Crippen LogP contribution in [0.1, 0.15) is 13.8 Å². The van der Waals surface area contributed by atoms with Crippen LogP contribution in [0.4, 0.5) is 0 Å². The summed E-state index contributed by atoms with van der Waals surface area (Å²) in [6.45, 7) is 6.39. The molecule has 1 aliphatic rings. The number of nitrogens with two attached hydrogens (primary N) is 1. The average molecular weight is 219 g/mol. The van der Waals surface area contributed by atoms with Crippen molar-refractivity contribution in [1.82, 2.24) is 0 Å². The van der Waals surface area contributed by atoms with Gasteiger partial charge < -0.3 is 0 Å². The van der Waals surface area contributed by atoms with Gasteiger partial charge in [0.05, 0.1) is 0 Å². The molecule has 4 heteroatoms. The first-order chi connectivity index (χ1) is 5.27. The zero-order valence-electron chi connectivity index (χ0n) is 7.00. The van der Waals surface area contributed by atoms with Crippen LogP contribution in [0.15, 0.2) is 4.99 Å². The first-order valence-corrected chi connectivity index (χ1v) is 5.92. The Morgan fingerprint density at radius 1 is 1.55 bits per heavy atom. The molecule has 0 radical (unpaired) electrons. The molecule has 0 saturated carbocycles. The predicted molar refractivity (Wildman–Crippen MR) is 48.5 cm³/mol. The van der Waals surface area contributed by atoms with Crippen LogP contribution in [-0.4, -0.2) is 43.2 Å². The van der Waals surface area contributed by atoms with Crippen molar-refractivity contribution in [2.24, 2.45) is 10.7 Å². The molecular weight excluding hydrogens is 205 g/mol. The maximum atomic E-state index is 5.59. The molecule has 1 aliphatic heterocycles.